The van der Waals surface area contributed by atoms with Crippen molar-refractivity contribution in [3.63, 3.8) is 0 Å². The molecule has 0 atom stereocenters. The summed E-state index contributed by atoms with van der Waals surface area (Å²) in [6.07, 6.45) is 0. The van der Waals surface area contributed by atoms with E-state index < -0.39 is 5.82 Å². The molecule has 0 aliphatic carbocycles. The quantitative estimate of drug-likeness (QED) is 0.883. The van der Waals surface area contributed by atoms with Crippen molar-refractivity contribution in [2.45, 2.75) is 6.54 Å². The molecule has 0 aromatic heterocycles. The Hall–Kier alpha value is -1.88. The number of hydrogen-bond donors (Lipinski definition) is 2. The van der Waals surface area contributed by atoms with Crippen LogP contribution in [0.2, 0.25) is 0 Å². The first-order chi connectivity index (χ1) is 9.15. The summed E-state index contributed by atoms with van der Waals surface area (Å²) < 4.78 is 13.6. The molecule has 0 bridgehead atoms. The lowest BCUT2D eigenvalue weighted by atomic mass is 10.2. The van der Waals surface area contributed by atoms with Crippen LogP contribution in [0.5, 0.6) is 0 Å². The second-order valence-electron chi connectivity index (χ2n) is 3.92. The van der Waals surface area contributed by atoms with Crippen molar-refractivity contribution in [1.82, 2.24) is 5.32 Å². The van der Waals surface area contributed by atoms with Crippen LogP contribution in [0.25, 0.3) is 0 Å². The summed E-state index contributed by atoms with van der Waals surface area (Å²) in [6, 6.07) is 13.6. The Labute approximate surface area is 119 Å². The number of carbonyl (C=O) groups is 1. The third kappa shape index (κ3) is 4.06. The molecule has 0 unspecified atom stereocenters. The van der Waals surface area contributed by atoms with E-state index in [1.54, 1.807) is 12.1 Å². The minimum absolute atomic E-state index is 0.364. The van der Waals surface area contributed by atoms with Crippen molar-refractivity contribution in [2.24, 2.45) is 0 Å². The number of amides is 2. The zero-order chi connectivity index (χ0) is 13.7. The van der Waals surface area contributed by atoms with Crippen molar-refractivity contribution in [1.29, 1.82) is 0 Å². The number of hydrogen-bond acceptors (Lipinski definition) is 1. The van der Waals surface area contributed by atoms with Crippen molar-refractivity contribution in [2.75, 3.05) is 5.32 Å². The van der Waals surface area contributed by atoms with Gasteiger partial charge in [-0.2, -0.15) is 0 Å². The number of rotatable bonds is 3. The van der Waals surface area contributed by atoms with Crippen LogP contribution in [0.3, 0.4) is 0 Å². The molecule has 5 heteroatoms. The molecule has 2 amide bonds. The third-order valence-electron chi connectivity index (χ3n) is 2.47. The van der Waals surface area contributed by atoms with Crippen LogP contribution in [-0.4, -0.2) is 6.03 Å². The van der Waals surface area contributed by atoms with Gasteiger partial charge in [0.2, 0.25) is 0 Å². The fraction of sp³-hybridized carbons (Fsp3) is 0.0714. The first-order valence-electron chi connectivity index (χ1n) is 5.69. The molecule has 0 radical (unpaired) electrons. The van der Waals surface area contributed by atoms with Crippen LogP contribution in [-0.2, 0) is 6.54 Å². The number of anilines is 1. The molecule has 0 aliphatic heterocycles. The topological polar surface area (TPSA) is 41.1 Å². The average Bonchev–Trinajstić information content (AvgIpc) is 2.42. The summed E-state index contributed by atoms with van der Waals surface area (Å²) in [5.74, 6) is -0.416. The third-order valence-corrected chi connectivity index (χ3v) is 3.12. The standard InChI is InChI=1S/C14H12BrFN2O/c15-12-7-6-11(8-13(12)16)18-14(19)17-9-10-4-2-1-3-5-10/h1-8H,9H2,(H2,17,18,19). The molecule has 2 rings (SSSR count). The maximum atomic E-state index is 13.3. The van der Waals surface area contributed by atoms with Crippen molar-refractivity contribution >= 4 is 27.6 Å². The lowest BCUT2D eigenvalue weighted by Gasteiger charge is -2.08. The molecule has 2 aromatic carbocycles. The Balaban J connectivity index is 1.89. The van der Waals surface area contributed by atoms with Gasteiger partial charge in [-0.1, -0.05) is 30.3 Å². The van der Waals surface area contributed by atoms with E-state index in [0.29, 0.717) is 16.7 Å². The van der Waals surface area contributed by atoms with E-state index in [2.05, 4.69) is 26.6 Å². The average molecular weight is 323 g/mol. The van der Waals surface area contributed by atoms with E-state index in [9.17, 15) is 9.18 Å². The van der Waals surface area contributed by atoms with Crippen LogP contribution in [0, 0.1) is 5.82 Å². The van der Waals surface area contributed by atoms with E-state index in [1.165, 1.54) is 6.07 Å². The van der Waals surface area contributed by atoms with Crippen LogP contribution in [0.15, 0.2) is 53.0 Å². The van der Waals surface area contributed by atoms with Gasteiger partial charge >= 0.3 is 6.03 Å². The Bertz CT molecular complexity index is 575. The minimum Gasteiger partial charge on any atom is -0.334 e. The van der Waals surface area contributed by atoms with Crippen molar-refractivity contribution in [3.05, 3.63) is 64.4 Å². The molecule has 0 saturated heterocycles. The van der Waals surface area contributed by atoms with Gasteiger partial charge in [-0.15, -0.1) is 0 Å². The Morgan fingerprint density at radius 2 is 1.89 bits per heavy atom. The van der Waals surface area contributed by atoms with Crippen LogP contribution in [0.4, 0.5) is 14.9 Å². The van der Waals surface area contributed by atoms with Gasteiger partial charge in [0.25, 0.3) is 0 Å². The summed E-state index contributed by atoms with van der Waals surface area (Å²) in [5, 5.41) is 5.27. The molecular weight excluding hydrogens is 311 g/mol. The van der Waals surface area contributed by atoms with Gasteiger partial charge in [0, 0.05) is 12.2 Å². The molecule has 2 N–H and O–H groups in total. The second-order valence-corrected chi connectivity index (χ2v) is 4.78. The second kappa shape index (κ2) is 6.33. The van der Waals surface area contributed by atoms with E-state index in [0.717, 1.165) is 5.56 Å². The molecule has 19 heavy (non-hydrogen) atoms. The molecule has 0 aliphatic rings. The number of nitrogens with one attached hydrogen (secondary N) is 2. The van der Waals surface area contributed by atoms with E-state index in [1.807, 2.05) is 30.3 Å². The summed E-state index contributed by atoms with van der Waals surface area (Å²) in [4.78, 5) is 11.6. The van der Waals surface area contributed by atoms with Crippen LogP contribution >= 0.6 is 15.9 Å². The number of halogens is 2. The lowest BCUT2D eigenvalue weighted by Crippen LogP contribution is -2.28. The highest BCUT2D eigenvalue weighted by Gasteiger charge is 2.04. The van der Waals surface area contributed by atoms with Crippen molar-refractivity contribution in [3.8, 4) is 0 Å². The molecule has 0 heterocycles. The Morgan fingerprint density at radius 1 is 1.16 bits per heavy atom. The number of urea groups is 1. The van der Waals surface area contributed by atoms with E-state index in [4.69, 9.17) is 0 Å². The lowest BCUT2D eigenvalue weighted by molar-refractivity contribution is 0.251. The van der Waals surface area contributed by atoms with Crippen LogP contribution in [0.1, 0.15) is 5.56 Å². The smallest absolute Gasteiger partial charge is 0.319 e. The molecule has 2 aromatic rings. The maximum absolute atomic E-state index is 13.3. The largest absolute Gasteiger partial charge is 0.334 e. The molecule has 0 spiro atoms. The zero-order valence-electron chi connectivity index (χ0n) is 9.99. The maximum Gasteiger partial charge on any atom is 0.319 e. The predicted molar refractivity (Wildman–Crippen MR) is 76.4 cm³/mol. The van der Waals surface area contributed by atoms with Gasteiger partial charge in [-0.25, -0.2) is 9.18 Å². The minimum atomic E-state index is -0.416. The van der Waals surface area contributed by atoms with Gasteiger partial charge in [-0.3, -0.25) is 0 Å². The Kier molecular flexibility index (Phi) is 4.52. The van der Waals surface area contributed by atoms with Gasteiger partial charge in [0.1, 0.15) is 5.82 Å². The Morgan fingerprint density at radius 3 is 2.58 bits per heavy atom. The highest BCUT2D eigenvalue weighted by atomic mass is 79.9. The summed E-state index contributed by atoms with van der Waals surface area (Å²) in [7, 11) is 0. The fourth-order valence-corrected chi connectivity index (χ4v) is 1.77. The summed E-state index contributed by atoms with van der Waals surface area (Å²) in [5.41, 5.74) is 1.41. The molecular formula is C14H12BrFN2O. The predicted octanol–water partition coefficient (Wildman–Crippen LogP) is 3.91. The monoisotopic (exact) mass is 322 g/mol. The first kappa shape index (κ1) is 13.5. The SMILES string of the molecule is O=C(NCc1ccccc1)Nc1ccc(Br)c(F)c1. The summed E-state index contributed by atoms with van der Waals surface area (Å²) >= 11 is 3.05. The van der Waals surface area contributed by atoms with Gasteiger partial charge in [-0.05, 0) is 39.7 Å². The van der Waals surface area contributed by atoms with Crippen LogP contribution < -0.4 is 10.6 Å². The van der Waals surface area contributed by atoms with Gasteiger partial charge < -0.3 is 10.6 Å². The normalized spacial score (nSPS) is 10.0. The fourth-order valence-electron chi connectivity index (χ4n) is 1.53. The highest BCUT2D eigenvalue weighted by molar-refractivity contribution is 9.10. The number of carbonyl (C=O) groups excluding carboxylic acids is 1. The molecule has 3 nitrogen and oxygen atoms in total. The van der Waals surface area contributed by atoms with E-state index in [-0.39, 0.29) is 6.03 Å². The van der Waals surface area contributed by atoms with E-state index >= 15 is 0 Å². The highest BCUT2D eigenvalue weighted by Crippen LogP contribution is 2.19. The van der Waals surface area contributed by atoms with Gasteiger partial charge in [0.05, 0.1) is 4.47 Å². The van der Waals surface area contributed by atoms with Gasteiger partial charge in [0.15, 0.2) is 0 Å². The molecule has 0 saturated carbocycles. The molecule has 98 valence electrons. The van der Waals surface area contributed by atoms with Crippen molar-refractivity contribution < 1.29 is 9.18 Å². The molecule has 0 fully saturated rings. The first-order valence-corrected chi connectivity index (χ1v) is 6.48. The zero-order valence-corrected chi connectivity index (χ0v) is 11.6. The summed E-state index contributed by atoms with van der Waals surface area (Å²) in [6.45, 7) is 0.422. The number of benzene rings is 2.